The quantitative estimate of drug-likeness (QED) is 0.439. The van der Waals surface area contributed by atoms with Gasteiger partial charge in [0.1, 0.15) is 17.3 Å². The van der Waals surface area contributed by atoms with E-state index in [2.05, 4.69) is 15.6 Å². The van der Waals surface area contributed by atoms with E-state index < -0.39 is 0 Å². The summed E-state index contributed by atoms with van der Waals surface area (Å²) in [6.07, 6.45) is 3.67. The van der Waals surface area contributed by atoms with Gasteiger partial charge in [-0.15, -0.1) is 0 Å². The highest BCUT2D eigenvalue weighted by atomic mass is 19.1. The minimum absolute atomic E-state index is 0.246. The van der Waals surface area contributed by atoms with Crippen molar-refractivity contribution in [2.45, 2.75) is 6.54 Å². The molecule has 1 aliphatic rings. The van der Waals surface area contributed by atoms with Crippen LogP contribution in [0.25, 0.3) is 17.0 Å². The second kappa shape index (κ2) is 8.63. The highest BCUT2D eigenvalue weighted by Crippen LogP contribution is 2.26. The third-order valence-electron chi connectivity index (χ3n) is 5.46. The number of carbonyl (C=O) groups excluding carboxylic acids is 1. The summed E-state index contributed by atoms with van der Waals surface area (Å²) in [5.41, 5.74) is 3.45. The lowest BCUT2D eigenvalue weighted by Gasteiger charge is -2.06. The molecule has 2 heterocycles. The van der Waals surface area contributed by atoms with Crippen LogP contribution >= 0.6 is 0 Å². The normalized spacial score (nSPS) is 14.4. The van der Waals surface area contributed by atoms with E-state index in [0.29, 0.717) is 23.8 Å². The molecule has 1 aromatic heterocycles. The molecule has 0 aliphatic carbocycles. The van der Waals surface area contributed by atoms with Crippen molar-refractivity contribution in [3.8, 4) is 5.75 Å². The van der Waals surface area contributed by atoms with Crippen molar-refractivity contribution in [3.05, 3.63) is 102 Å². The van der Waals surface area contributed by atoms with Gasteiger partial charge in [0.15, 0.2) is 0 Å². The number of nitrogens with zero attached hydrogens (tertiary/aromatic N) is 2. The molecule has 1 aliphatic heterocycles. The smallest absolute Gasteiger partial charge is 0.276 e. The van der Waals surface area contributed by atoms with Crippen LogP contribution < -0.4 is 15.4 Å². The molecule has 0 spiro atoms. The van der Waals surface area contributed by atoms with E-state index in [0.717, 1.165) is 27.9 Å². The van der Waals surface area contributed by atoms with Crippen molar-refractivity contribution >= 4 is 34.5 Å². The number of fused-ring (bicyclic) bond motifs is 1. The second-order valence-electron chi connectivity index (χ2n) is 7.62. The third kappa shape index (κ3) is 4.21. The number of hydrogen-bond acceptors (Lipinski definition) is 4. The van der Waals surface area contributed by atoms with Gasteiger partial charge in [0.25, 0.3) is 5.91 Å². The van der Waals surface area contributed by atoms with Crippen molar-refractivity contribution in [2.75, 3.05) is 12.4 Å². The van der Waals surface area contributed by atoms with Gasteiger partial charge in [0.2, 0.25) is 5.96 Å². The number of nitrogens with one attached hydrogen (secondary N) is 2. The fourth-order valence-corrected chi connectivity index (χ4v) is 3.82. The van der Waals surface area contributed by atoms with E-state index in [-0.39, 0.29) is 11.7 Å². The number of benzene rings is 3. The Hall–Kier alpha value is -4.39. The lowest BCUT2D eigenvalue weighted by molar-refractivity contribution is -0.115. The van der Waals surface area contributed by atoms with Gasteiger partial charge in [-0.1, -0.05) is 36.4 Å². The summed E-state index contributed by atoms with van der Waals surface area (Å²) < 4.78 is 21.4. The molecule has 0 fully saturated rings. The maximum Gasteiger partial charge on any atom is 0.276 e. The fourth-order valence-electron chi connectivity index (χ4n) is 3.82. The van der Waals surface area contributed by atoms with Crippen LogP contribution in [-0.4, -0.2) is 23.5 Å². The van der Waals surface area contributed by atoms with Crippen LogP contribution in [0.15, 0.2) is 89.7 Å². The topological polar surface area (TPSA) is 67.6 Å². The number of aromatic nitrogens is 1. The third-order valence-corrected chi connectivity index (χ3v) is 5.46. The summed E-state index contributed by atoms with van der Waals surface area (Å²) in [5.74, 6) is 0.554. The first-order valence-electron chi connectivity index (χ1n) is 10.4. The largest absolute Gasteiger partial charge is 0.497 e. The molecule has 4 aromatic rings. The molecule has 0 unspecified atom stereocenters. The Morgan fingerprint density at radius 1 is 1.06 bits per heavy atom. The summed E-state index contributed by atoms with van der Waals surface area (Å²) in [6.45, 7) is 0.385. The van der Waals surface area contributed by atoms with Crippen LogP contribution in [0.1, 0.15) is 11.1 Å². The molecule has 0 saturated heterocycles. The maximum absolute atomic E-state index is 14.2. The Morgan fingerprint density at radius 3 is 2.61 bits per heavy atom. The number of carbonyl (C=O) groups is 1. The standard InChI is InChI=1S/C26H21FN4O2/c1-33-20-12-10-19(11-13-20)28-26-29-23(25(32)30-26)14-18-16-31(24-9-5-3-7-21(18)24)15-17-6-2-4-8-22(17)27/h2-14,16H,15H2,1H3,(H2,28,29,30,32). The zero-order chi connectivity index (χ0) is 22.8. The summed E-state index contributed by atoms with van der Waals surface area (Å²) in [5, 5.41) is 6.80. The number of ether oxygens (including phenoxy) is 1. The Morgan fingerprint density at radius 2 is 1.82 bits per heavy atom. The van der Waals surface area contributed by atoms with Crippen LogP contribution in [0, 0.1) is 5.82 Å². The predicted octanol–water partition coefficient (Wildman–Crippen LogP) is 4.78. The van der Waals surface area contributed by atoms with Crippen LogP contribution in [0.2, 0.25) is 0 Å². The van der Waals surface area contributed by atoms with Crippen LogP contribution in [-0.2, 0) is 11.3 Å². The van der Waals surface area contributed by atoms with Crippen molar-refractivity contribution < 1.29 is 13.9 Å². The Bertz CT molecular complexity index is 1400. The first-order valence-corrected chi connectivity index (χ1v) is 10.4. The number of amides is 1. The molecule has 0 atom stereocenters. The number of rotatable bonds is 5. The summed E-state index contributed by atoms with van der Waals surface area (Å²) >= 11 is 0. The van der Waals surface area contributed by atoms with E-state index in [1.807, 2.05) is 65.4 Å². The molecule has 3 aromatic carbocycles. The highest BCUT2D eigenvalue weighted by molar-refractivity contribution is 6.17. The number of anilines is 1. The lowest BCUT2D eigenvalue weighted by atomic mass is 10.1. The lowest BCUT2D eigenvalue weighted by Crippen LogP contribution is -2.29. The molecule has 33 heavy (non-hydrogen) atoms. The van der Waals surface area contributed by atoms with Crippen molar-refractivity contribution in [1.82, 2.24) is 9.88 Å². The van der Waals surface area contributed by atoms with Crippen LogP contribution in [0.3, 0.4) is 0 Å². The van der Waals surface area contributed by atoms with Gasteiger partial charge in [-0.05, 0) is 42.5 Å². The van der Waals surface area contributed by atoms with Gasteiger partial charge < -0.3 is 14.6 Å². The molecule has 5 rings (SSSR count). The number of aliphatic imine (C=N–C) groups is 1. The van der Waals surface area contributed by atoms with Crippen molar-refractivity contribution in [3.63, 3.8) is 0 Å². The summed E-state index contributed by atoms with van der Waals surface area (Å²) in [4.78, 5) is 17.0. The van der Waals surface area contributed by atoms with Gasteiger partial charge in [0, 0.05) is 33.9 Å². The minimum atomic E-state index is -0.294. The molecule has 0 saturated carbocycles. The van der Waals surface area contributed by atoms with Gasteiger partial charge >= 0.3 is 0 Å². The number of para-hydroxylation sites is 1. The van der Waals surface area contributed by atoms with Crippen LogP contribution in [0.4, 0.5) is 10.1 Å². The maximum atomic E-state index is 14.2. The summed E-state index contributed by atoms with van der Waals surface area (Å²) in [7, 11) is 1.61. The highest BCUT2D eigenvalue weighted by Gasteiger charge is 2.21. The number of halogens is 1. The minimum Gasteiger partial charge on any atom is -0.497 e. The average Bonchev–Trinajstić information content (AvgIpc) is 3.35. The molecule has 0 bridgehead atoms. The van der Waals surface area contributed by atoms with Gasteiger partial charge in [-0.3, -0.25) is 10.1 Å². The number of hydrogen-bond donors (Lipinski definition) is 2. The zero-order valence-electron chi connectivity index (χ0n) is 17.9. The molecule has 7 heteroatoms. The van der Waals surface area contributed by atoms with Crippen molar-refractivity contribution in [1.29, 1.82) is 0 Å². The second-order valence-corrected chi connectivity index (χ2v) is 7.62. The Kier molecular flexibility index (Phi) is 5.36. The molecule has 1 amide bonds. The fraction of sp³-hybridized carbons (Fsp3) is 0.0769. The summed E-state index contributed by atoms with van der Waals surface area (Å²) in [6, 6.07) is 21.9. The molecule has 6 nitrogen and oxygen atoms in total. The Balaban J connectivity index is 1.45. The molecule has 164 valence electrons. The monoisotopic (exact) mass is 440 g/mol. The predicted molar refractivity (Wildman–Crippen MR) is 128 cm³/mol. The van der Waals surface area contributed by atoms with E-state index in [1.54, 1.807) is 25.3 Å². The van der Waals surface area contributed by atoms with E-state index in [1.165, 1.54) is 6.07 Å². The molecular formula is C26H21FN4O2. The number of guanidine groups is 1. The van der Waals surface area contributed by atoms with Gasteiger partial charge in [0.05, 0.1) is 13.7 Å². The van der Waals surface area contributed by atoms with Gasteiger partial charge in [-0.2, -0.15) is 0 Å². The zero-order valence-corrected chi connectivity index (χ0v) is 17.9. The molecule has 2 N–H and O–H groups in total. The first-order chi connectivity index (χ1) is 16.1. The van der Waals surface area contributed by atoms with E-state index >= 15 is 0 Å². The first kappa shape index (κ1) is 20.5. The van der Waals surface area contributed by atoms with Crippen molar-refractivity contribution in [2.24, 2.45) is 4.99 Å². The molecule has 0 radical (unpaired) electrons. The SMILES string of the molecule is COc1ccc(NC2=NC(=Cc3cn(Cc4ccccc4F)c4ccccc34)C(=O)N2)cc1. The van der Waals surface area contributed by atoms with Crippen LogP contribution in [0.5, 0.6) is 5.75 Å². The Labute approximate surface area is 190 Å². The van der Waals surface area contributed by atoms with Gasteiger partial charge in [-0.25, -0.2) is 9.38 Å². The van der Waals surface area contributed by atoms with E-state index in [4.69, 9.17) is 4.74 Å². The molecular weight excluding hydrogens is 419 g/mol. The average molecular weight is 440 g/mol. The van der Waals surface area contributed by atoms with E-state index in [9.17, 15) is 9.18 Å². The number of methoxy groups -OCH3 is 1.